The van der Waals surface area contributed by atoms with E-state index in [4.69, 9.17) is 0 Å². The number of hydrogen-bond acceptors (Lipinski definition) is 1. The van der Waals surface area contributed by atoms with Crippen molar-refractivity contribution in [3.8, 4) is 11.1 Å². The Morgan fingerprint density at radius 3 is 2.38 bits per heavy atom. The van der Waals surface area contributed by atoms with E-state index >= 15 is 0 Å². The van der Waals surface area contributed by atoms with Crippen LogP contribution in [0.3, 0.4) is 0 Å². The molecular weight excluding hydrogens is 350 g/mol. The molecule has 1 atom stereocenters. The van der Waals surface area contributed by atoms with Crippen LogP contribution in [0.4, 0.5) is 5.69 Å². The monoisotopic (exact) mass is 377 g/mol. The molecule has 0 heterocycles. The van der Waals surface area contributed by atoms with Gasteiger partial charge in [0.2, 0.25) is 0 Å². The molecule has 2 aliphatic rings. The molecule has 2 aliphatic carbocycles. The molecule has 0 amide bonds. The number of likely N-dealkylation sites (N-methyl/N-ethyl adjacent to an activating group) is 1. The second-order valence-electron chi connectivity index (χ2n) is 8.68. The highest BCUT2D eigenvalue weighted by molar-refractivity contribution is 5.90. The topological polar surface area (TPSA) is 3.24 Å². The molecule has 0 aliphatic heterocycles. The lowest BCUT2D eigenvalue weighted by atomic mass is 9.82. The fourth-order valence-electron chi connectivity index (χ4n) is 4.98. The van der Waals surface area contributed by atoms with Gasteiger partial charge in [-0.15, -0.1) is 0 Å². The van der Waals surface area contributed by atoms with Gasteiger partial charge in [0.05, 0.1) is 0 Å². The highest BCUT2D eigenvalue weighted by Gasteiger charge is 2.37. The summed E-state index contributed by atoms with van der Waals surface area (Å²) in [5.41, 5.74) is 9.56. The zero-order valence-electron chi connectivity index (χ0n) is 17.4. The van der Waals surface area contributed by atoms with Crippen LogP contribution in [0.25, 0.3) is 11.1 Å². The predicted molar refractivity (Wildman–Crippen MR) is 123 cm³/mol. The number of allylic oxidation sites excluding steroid dienone is 3. The third-order valence-corrected chi connectivity index (χ3v) is 6.61. The lowest BCUT2D eigenvalue weighted by Gasteiger charge is -2.28. The normalized spacial score (nSPS) is 18.7. The fraction of sp³-hybridized carbons (Fsp3) is 0.214. The van der Waals surface area contributed by atoms with Crippen molar-refractivity contribution >= 4 is 5.69 Å². The summed E-state index contributed by atoms with van der Waals surface area (Å²) in [4.78, 5) is 2.36. The van der Waals surface area contributed by atoms with Gasteiger partial charge < -0.3 is 4.90 Å². The van der Waals surface area contributed by atoms with E-state index < -0.39 is 0 Å². The van der Waals surface area contributed by atoms with Gasteiger partial charge in [0, 0.05) is 35.3 Å². The Labute approximate surface area is 174 Å². The van der Waals surface area contributed by atoms with Gasteiger partial charge in [-0.1, -0.05) is 92.7 Å². The van der Waals surface area contributed by atoms with Crippen LogP contribution in [0.15, 0.2) is 96.7 Å². The summed E-state index contributed by atoms with van der Waals surface area (Å²) in [5.74, 6) is 0.430. The standard InChI is InChI=1S/C28H27N/c1-28(2)24-16-8-7-15-23(24)27-25(28)17-10-18-26(27)29(3)22-14-9-13-21(19-22)20-11-5-4-6-12-20/h4-12,14-19,21H,13H2,1-3H3. The summed E-state index contributed by atoms with van der Waals surface area (Å²) in [7, 11) is 2.20. The van der Waals surface area contributed by atoms with E-state index in [9.17, 15) is 0 Å². The fourth-order valence-corrected chi connectivity index (χ4v) is 4.98. The van der Waals surface area contributed by atoms with Crippen molar-refractivity contribution in [1.82, 2.24) is 0 Å². The number of nitrogens with zero attached hydrogens (tertiary/aromatic N) is 1. The summed E-state index contributed by atoms with van der Waals surface area (Å²) >= 11 is 0. The van der Waals surface area contributed by atoms with E-state index in [2.05, 4.69) is 117 Å². The summed E-state index contributed by atoms with van der Waals surface area (Å²) in [6, 6.07) is 26.5. The van der Waals surface area contributed by atoms with Gasteiger partial charge in [-0.05, 0) is 40.8 Å². The largest absolute Gasteiger partial charge is 0.344 e. The Morgan fingerprint density at radius 2 is 1.55 bits per heavy atom. The van der Waals surface area contributed by atoms with Gasteiger partial charge in [0.25, 0.3) is 0 Å². The summed E-state index contributed by atoms with van der Waals surface area (Å²) in [6.45, 7) is 4.68. The molecule has 1 heteroatoms. The Bertz CT molecular complexity index is 1120. The quantitative estimate of drug-likeness (QED) is 0.472. The minimum absolute atomic E-state index is 0.0339. The first-order chi connectivity index (χ1) is 14.1. The highest BCUT2D eigenvalue weighted by atomic mass is 15.1. The van der Waals surface area contributed by atoms with E-state index in [1.54, 1.807) is 0 Å². The molecule has 29 heavy (non-hydrogen) atoms. The van der Waals surface area contributed by atoms with Gasteiger partial charge in [-0.2, -0.15) is 0 Å². The number of benzene rings is 3. The first-order valence-electron chi connectivity index (χ1n) is 10.5. The Hall–Kier alpha value is -3.06. The van der Waals surface area contributed by atoms with E-state index in [1.807, 2.05) is 0 Å². The maximum absolute atomic E-state index is 2.42. The molecule has 3 aromatic rings. The average molecular weight is 378 g/mol. The molecule has 3 aromatic carbocycles. The molecule has 5 rings (SSSR count). The van der Waals surface area contributed by atoms with Crippen molar-refractivity contribution in [3.05, 3.63) is 113 Å². The summed E-state index contributed by atoms with van der Waals surface area (Å²) < 4.78 is 0. The third kappa shape index (κ3) is 2.84. The maximum Gasteiger partial charge on any atom is 0.0490 e. The zero-order chi connectivity index (χ0) is 20.0. The SMILES string of the molecule is CN(C1=CC(c2ccccc2)CC=C1)c1cccc2c1-c1ccccc1C2(C)C. The Morgan fingerprint density at radius 1 is 0.828 bits per heavy atom. The van der Waals surface area contributed by atoms with Crippen LogP contribution < -0.4 is 4.90 Å². The van der Waals surface area contributed by atoms with Gasteiger partial charge in [-0.3, -0.25) is 0 Å². The molecule has 0 aromatic heterocycles. The number of rotatable bonds is 3. The lowest BCUT2D eigenvalue weighted by molar-refractivity contribution is 0.660. The third-order valence-electron chi connectivity index (χ3n) is 6.61. The van der Waals surface area contributed by atoms with Crippen molar-refractivity contribution in [2.24, 2.45) is 0 Å². The average Bonchev–Trinajstić information content (AvgIpc) is 3.01. The van der Waals surface area contributed by atoms with Gasteiger partial charge in [0.15, 0.2) is 0 Å². The van der Waals surface area contributed by atoms with E-state index in [0.717, 1.165) is 6.42 Å². The van der Waals surface area contributed by atoms with Crippen LogP contribution in [0.2, 0.25) is 0 Å². The first-order valence-corrected chi connectivity index (χ1v) is 10.5. The van der Waals surface area contributed by atoms with Crippen LogP contribution >= 0.6 is 0 Å². The smallest absolute Gasteiger partial charge is 0.0490 e. The first kappa shape index (κ1) is 18.0. The number of anilines is 1. The Balaban J connectivity index is 1.60. The summed E-state index contributed by atoms with van der Waals surface area (Å²) in [6.07, 6.45) is 8.06. The van der Waals surface area contributed by atoms with Crippen molar-refractivity contribution in [2.75, 3.05) is 11.9 Å². The molecule has 0 fully saturated rings. The number of fused-ring (bicyclic) bond motifs is 3. The molecule has 144 valence electrons. The van der Waals surface area contributed by atoms with Crippen molar-refractivity contribution in [1.29, 1.82) is 0 Å². The van der Waals surface area contributed by atoms with Crippen molar-refractivity contribution in [3.63, 3.8) is 0 Å². The van der Waals surface area contributed by atoms with Crippen LogP contribution in [0.5, 0.6) is 0 Å². The zero-order valence-corrected chi connectivity index (χ0v) is 17.4. The van der Waals surface area contributed by atoms with Crippen LogP contribution in [-0.4, -0.2) is 7.05 Å². The molecule has 0 spiro atoms. The molecule has 0 saturated heterocycles. The van der Waals surface area contributed by atoms with Gasteiger partial charge in [-0.25, -0.2) is 0 Å². The predicted octanol–water partition coefficient (Wildman–Crippen LogP) is 7.06. The lowest BCUT2D eigenvalue weighted by Crippen LogP contribution is -2.19. The molecule has 0 radical (unpaired) electrons. The summed E-state index contributed by atoms with van der Waals surface area (Å²) in [5, 5.41) is 0. The van der Waals surface area contributed by atoms with E-state index in [-0.39, 0.29) is 5.41 Å². The molecule has 0 saturated carbocycles. The second-order valence-corrected chi connectivity index (χ2v) is 8.68. The van der Waals surface area contributed by atoms with Crippen molar-refractivity contribution in [2.45, 2.75) is 31.6 Å². The molecule has 0 N–H and O–H groups in total. The van der Waals surface area contributed by atoms with Crippen LogP contribution in [0.1, 0.15) is 42.9 Å². The minimum Gasteiger partial charge on any atom is -0.344 e. The minimum atomic E-state index is 0.0339. The van der Waals surface area contributed by atoms with Gasteiger partial charge in [0.1, 0.15) is 0 Å². The molecule has 0 bridgehead atoms. The highest BCUT2D eigenvalue weighted by Crippen LogP contribution is 2.52. The van der Waals surface area contributed by atoms with E-state index in [1.165, 1.54) is 39.2 Å². The van der Waals surface area contributed by atoms with Crippen molar-refractivity contribution < 1.29 is 0 Å². The molecular formula is C28H27N. The van der Waals surface area contributed by atoms with E-state index in [0.29, 0.717) is 5.92 Å². The van der Waals surface area contributed by atoms with Crippen LogP contribution in [0, 0.1) is 0 Å². The second kappa shape index (κ2) is 6.77. The Kier molecular flexibility index (Phi) is 4.20. The molecule has 1 nitrogen and oxygen atoms in total. The van der Waals surface area contributed by atoms with Gasteiger partial charge >= 0.3 is 0 Å². The number of hydrogen-bond donors (Lipinski definition) is 0. The van der Waals surface area contributed by atoms with Crippen LogP contribution in [-0.2, 0) is 5.41 Å². The molecule has 1 unspecified atom stereocenters. The maximum atomic E-state index is 2.42.